The van der Waals surface area contributed by atoms with Crippen LogP contribution in [0.15, 0.2) is 27.1 Å². The van der Waals surface area contributed by atoms with Crippen LogP contribution in [0.2, 0.25) is 0 Å². The average molecular weight is 359 g/mol. The van der Waals surface area contributed by atoms with Crippen LogP contribution in [-0.4, -0.2) is 11.0 Å². The van der Waals surface area contributed by atoms with Gasteiger partial charge in [0.2, 0.25) is 0 Å². The number of rotatable bonds is 1. The Morgan fingerprint density at radius 1 is 1.29 bits per heavy atom. The lowest BCUT2D eigenvalue weighted by Gasteiger charge is -2.10. The van der Waals surface area contributed by atoms with Crippen LogP contribution >= 0.6 is 31.9 Å². The van der Waals surface area contributed by atoms with Gasteiger partial charge in [0.1, 0.15) is 5.52 Å². The molecular formula is C12H9Br2NO2. The second-order valence-electron chi connectivity index (χ2n) is 3.61. The molecule has 0 aliphatic heterocycles. The summed E-state index contributed by atoms with van der Waals surface area (Å²) in [6.07, 6.45) is 0. The molecule has 5 heteroatoms. The number of nitrogens with zero attached hydrogens (tertiary/aromatic N) is 1. The molecule has 88 valence electrons. The van der Waals surface area contributed by atoms with E-state index in [4.69, 9.17) is 4.74 Å². The number of benzene rings is 1. The molecule has 0 fully saturated rings. The van der Waals surface area contributed by atoms with Crippen molar-refractivity contribution >= 4 is 48.7 Å². The van der Waals surface area contributed by atoms with Crippen molar-refractivity contribution in [2.75, 3.05) is 0 Å². The third-order valence-electron chi connectivity index (χ3n) is 2.22. The first kappa shape index (κ1) is 12.5. The molecule has 1 aromatic carbocycles. The van der Waals surface area contributed by atoms with Crippen LogP contribution < -0.4 is 4.74 Å². The number of halogens is 2. The summed E-state index contributed by atoms with van der Waals surface area (Å²) in [6, 6.07) is 5.71. The molecule has 1 heterocycles. The zero-order valence-electron chi connectivity index (χ0n) is 9.25. The quantitative estimate of drug-likeness (QED) is 0.571. The third-order valence-corrected chi connectivity index (χ3v) is 3.47. The molecule has 0 spiro atoms. The van der Waals surface area contributed by atoms with Gasteiger partial charge < -0.3 is 4.74 Å². The Morgan fingerprint density at radius 2 is 2.00 bits per heavy atom. The van der Waals surface area contributed by atoms with Crippen LogP contribution in [0, 0.1) is 6.92 Å². The number of pyridine rings is 1. The molecular weight excluding hydrogens is 350 g/mol. The molecule has 17 heavy (non-hydrogen) atoms. The Bertz CT molecular complexity index is 611. The van der Waals surface area contributed by atoms with Gasteiger partial charge in [-0.15, -0.1) is 0 Å². The monoisotopic (exact) mass is 357 g/mol. The zero-order chi connectivity index (χ0) is 12.6. The maximum absolute atomic E-state index is 11.1. The van der Waals surface area contributed by atoms with E-state index in [1.807, 2.05) is 25.1 Å². The predicted molar refractivity (Wildman–Crippen MR) is 73.2 cm³/mol. The Kier molecular flexibility index (Phi) is 3.49. The summed E-state index contributed by atoms with van der Waals surface area (Å²) in [4.78, 5) is 15.5. The van der Waals surface area contributed by atoms with Crippen molar-refractivity contribution in [1.82, 2.24) is 4.98 Å². The summed E-state index contributed by atoms with van der Waals surface area (Å²) in [5, 5.41) is 0.912. The van der Waals surface area contributed by atoms with Crippen molar-refractivity contribution in [3.63, 3.8) is 0 Å². The molecule has 0 saturated carbocycles. The van der Waals surface area contributed by atoms with E-state index in [-0.39, 0.29) is 5.97 Å². The van der Waals surface area contributed by atoms with Crippen LogP contribution in [0.1, 0.15) is 12.6 Å². The highest BCUT2D eigenvalue weighted by Crippen LogP contribution is 2.37. The number of esters is 1. The number of carbonyl (C=O) groups excluding carboxylic acids is 1. The normalized spacial score (nSPS) is 10.6. The molecule has 3 nitrogen and oxygen atoms in total. The van der Waals surface area contributed by atoms with E-state index in [2.05, 4.69) is 36.8 Å². The van der Waals surface area contributed by atoms with E-state index < -0.39 is 0 Å². The van der Waals surface area contributed by atoms with Gasteiger partial charge in [-0.3, -0.25) is 4.79 Å². The summed E-state index contributed by atoms with van der Waals surface area (Å²) in [6.45, 7) is 3.27. The molecule has 2 rings (SSSR count). The van der Waals surface area contributed by atoms with Crippen LogP contribution in [-0.2, 0) is 4.79 Å². The fourth-order valence-corrected chi connectivity index (χ4v) is 2.88. The highest BCUT2D eigenvalue weighted by Gasteiger charge is 2.14. The van der Waals surface area contributed by atoms with Crippen molar-refractivity contribution in [2.24, 2.45) is 0 Å². The summed E-state index contributed by atoms with van der Waals surface area (Å²) >= 11 is 6.84. The molecule has 1 aromatic heterocycles. The average Bonchev–Trinajstić information content (AvgIpc) is 2.23. The topological polar surface area (TPSA) is 39.2 Å². The van der Waals surface area contributed by atoms with Gasteiger partial charge in [-0.2, -0.15) is 0 Å². The van der Waals surface area contributed by atoms with Crippen molar-refractivity contribution in [3.8, 4) is 5.75 Å². The van der Waals surface area contributed by atoms with Crippen molar-refractivity contribution in [3.05, 3.63) is 32.8 Å². The summed E-state index contributed by atoms with van der Waals surface area (Å²) in [5.74, 6) is 0.0945. The number of hydrogen-bond donors (Lipinski definition) is 0. The lowest BCUT2D eigenvalue weighted by atomic mass is 10.2. The number of hydrogen-bond acceptors (Lipinski definition) is 3. The van der Waals surface area contributed by atoms with Crippen molar-refractivity contribution < 1.29 is 9.53 Å². The molecule has 0 atom stereocenters. The van der Waals surface area contributed by atoms with E-state index in [0.29, 0.717) is 15.7 Å². The molecule has 2 aromatic rings. The molecule has 0 bridgehead atoms. The van der Waals surface area contributed by atoms with Gasteiger partial charge in [-0.1, -0.05) is 15.9 Å². The minimum absolute atomic E-state index is 0.363. The van der Waals surface area contributed by atoms with E-state index in [1.54, 1.807) is 0 Å². The molecule has 0 aliphatic carbocycles. The van der Waals surface area contributed by atoms with E-state index in [0.717, 1.165) is 15.6 Å². The van der Waals surface area contributed by atoms with E-state index in [1.165, 1.54) is 6.92 Å². The zero-order valence-corrected chi connectivity index (χ0v) is 12.4. The third kappa shape index (κ3) is 2.50. The number of aromatic nitrogens is 1. The van der Waals surface area contributed by atoms with Gasteiger partial charge in [0.25, 0.3) is 0 Å². The Labute approximate surface area is 115 Å². The van der Waals surface area contributed by atoms with Crippen LogP contribution in [0.4, 0.5) is 0 Å². The molecule has 0 N–H and O–H groups in total. The SMILES string of the molecule is CC(=O)Oc1c(Br)cc(Br)c2ccc(C)nc12. The Balaban J connectivity index is 2.80. The van der Waals surface area contributed by atoms with Crippen LogP contribution in [0.5, 0.6) is 5.75 Å². The maximum atomic E-state index is 11.1. The number of carbonyl (C=O) groups is 1. The first-order chi connectivity index (χ1) is 7.99. The van der Waals surface area contributed by atoms with Crippen molar-refractivity contribution in [1.29, 1.82) is 0 Å². The Morgan fingerprint density at radius 3 is 2.65 bits per heavy atom. The number of aryl methyl sites for hydroxylation is 1. The molecule has 0 unspecified atom stereocenters. The first-order valence-electron chi connectivity index (χ1n) is 4.93. The van der Waals surface area contributed by atoms with Gasteiger partial charge >= 0.3 is 5.97 Å². The van der Waals surface area contributed by atoms with E-state index >= 15 is 0 Å². The fraction of sp³-hybridized carbons (Fsp3) is 0.167. The standard InChI is InChI=1S/C12H9Br2NO2/c1-6-3-4-8-9(13)5-10(14)12(11(8)15-6)17-7(2)16/h3-5H,1-2H3. The fourth-order valence-electron chi connectivity index (χ4n) is 1.53. The Hall–Kier alpha value is -0.940. The van der Waals surface area contributed by atoms with E-state index in [9.17, 15) is 4.79 Å². The summed E-state index contributed by atoms with van der Waals surface area (Å²) < 4.78 is 6.80. The summed E-state index contributed by atoms with van der Waals surface area (Å²) in [7, 11) is 0. The number of fused-ring (bicyclic) bond motifs is 1. The molecule has 0 radical (unpaired) electrons. The summed E-state index contributed by atoms with van der Waals surface area (Å²) in [5.41, 5.74) is 1.54. The van der Waals surface area contributed by atoms with Gasteiger partial charge in [-0.25, -0.2) is 4.98 Å². The predicted octanol–water partition coefficient (Wildman–Crippen LogP) is 3.99. The minimum atomic E-state index is -0.363. The van der Waals surface area contributed by atoms with Gasteiger partial charge in [-0.05, 0) is 41.1 Å². The number of ether oxygens (including phenoxy) is 1. The lowest BCUT2D eigenvalue weighted by molar-refractivity contribution is -0.131. The maximum Gasteiger partial charge on any atom is 0.308 e. The second kappa shape index (κ2) is 4.74. The van der Waals surface area contributed by atoms with Crippen LogP contribution in [0.3, 0.4) is 0 Å². The van der Waals surface area contributed by atoms with Crippen LogP contribution in [0.25, 0.3) is 10.9 Å². The van der Waals surface area contributed by atoms with Gasteiger partial charge in [0.15, 0.2) is 5.75 Å². The minimum Gasteiger partial charge on any atom is -0.423 e. The molecule has 0 amide bonds. The second-order valence-corrected chi connectivity index (χ2v) is 5.32. The highest BCUT2D eigenvalue weighted by molar-refractivity contribution is 9.11. The molecule has 0 saturated heterocycles. The largest absolute Gasteiger partial charge is 0.423 e. The highest BCUT2D eigenvalue weighted by atomic mass is 79.9. The van der Waals surface area contributed by atoms with Gasteiger partial charge in [0, 0.05) is 22.5 Å². The van der Waals surface area contributed by atoms with Gasteiger partial charge in [0.05, 0.1) is 4.47 Å². The lowest BCUT2D eigenvalue weighted by Crippen LogP contribution is -2.03. The first-order valence-corrected chi connectivity index (χ1v) is 6.51. The molecule has 0 aliphatic rings. The smallest absolute Gasteiger partial charge is 0.308 e. The van der Waals surface area contributed by atoms with Crippen molar-refractivity contribution in [2.45, 2.75) is 13.8 Å².